The Kier molecular flexibility index (Phi) is 8.06. The third-order valence-electron chi connectivity index (χ3n) is 4.42. The van der Waals surface area contributed by atoms with Crippen molar-refractivity contribution in [1.82, 2.24) is 9.99 Å². The topological polar surface area (TPSA) is 46.4 Å². The Morgan fingerprint density at radius 2 is 1.97 bits per heavy atom. The van der Waals surface area contributed by atoms with Gasteiger partial charge in [-0.3, -0.25) is 4.79 Å². The molecule has 3 aromatic rings. The van der Waals surface area contributed by atoms with Gasteiger partial charge in [0.15, 0.2) is 0 Å². The second-order valence-corrected chi connectivity index (χ2v) is 9.39. The molecule has 2 aromatic carbocycles. The fraction of sp³-hybridized carbons (Fsp3) is 0.182. The van der Waals surface area contributed by atoms with E-state index in [2.05, 4.69) is 31.0 Å². The summed E-state index contributed by atoms with van der Waals surface area (Å²) in [4.78, 5) is 12.1. The smallest absolute Gasteiger partial charge is 0.250 e. The predicted octanol–water partition coefficient (Wildman–Crippen LogP) is 6.55. The molecule has 0 bridgehead atoms. The molecule has 0 radical (unpaired) electrons. The van der Waals surface area contributed by atoms with E-state index < -0.39 is 0 Å². The van der Waals surface area contributed by atoms with E-state index in [9.17, 15) is 4.79 Å². The van der Waals surface area contributed by atoms with Crippen LogP contribution in [0.5, 0.6) is 0 Å². The summed E-state index contributed by atoms with van der Waals surface area (Å²) in [6, 6.07) is 15.6. The van der Waals surface area contributed by atoms with Gasteiger partial charge >= 0.3 is 0 Å². The zero-order chi connectivity index (χ0) is 21.7. The number of carbonyl (C=O) groups is 1. The Bertz CT molecular complexity index is 1100. The van der Waals surface area contributed by atoms with Gasteiger partial charge in [-0.2, -0.15) is 5.10 Å². The maximum Gasteiger partial charge on any atom is 0.250 e. The van der Waals surface area contributed by atoms with E-state index in [1.807, 2.05) is 56.3 Å². The van der Waals surface area contributed by atoms with Crippen molar-refractivity contribution in [2.24, 2.45) is 5.10 Å². The molecular formula is C22H20BrCl2N3OS. The van der Waals surface area contributed by atoms with Gasteiger partial charge in [-0.05, 0) is 55.8 Å². The minimum atomic E-state index is -0.135. The number of aryl methyl sites for hydroxylation is 1. The summed E-state index contributed by atoms with van der Waals surface area (Å²) in [7, 11) is 0. The van der Waals surface area contributed by atoms with Crippen molar-refractivity contribution >= 4 is 63.0 Å². The van der Waals surface area contributed by atoms with E-state index in [1.54, 1.807) is 24.0 Å². The number of hydrazone groups is 1. The summed E-state index contributed by atoms with van der Waals surface area (Å²) in [5.41, 5.74) is 7.63. The molecule has 0 atom stereocenters. The van der Waals surface area contributed by atoms with Gasteiger partial charge in [-0.25, -0.2) is 5.43 Å². The molecule has 3 rings (SSSR count). The van der Waals surface area contributed by atoms with Gasteiger partial charge in [0.25, 0.3) is 0 Å². The quantitative estimate of drug-likeness (QED) is 0.281. The number of aromatic nitrogens is 1. The number of thioether (sulfide) groups is 1. The van der Waals surface area contributed by atoms with Gasteiger partial charge in [-0.15, -0.1) is 11.8 Å². The predicted molar refractivity (Wildman–Crippen MR) is 131 cm³/mol. The van der Waals surface area contributed by atoms with Gasteiger partial charge in [0, 0.05) is 32.9 Å². The second-order valence-electron chi connectivity index (χ2n) is 6.68. The number of rotatable bonds is 7. The van der Waals surface area contributed by atoms with Crippen LogP contribution in [-0.4, -0.2) is 22.4 Å². The first-order valence-corrected chi connectivity index (χ1v) is 11.8. The van der Waals surface area contributed by atoms with Crippen molar-refractivity contribution in [3.8, 4) is 5.69 Å². The van der Waals surface area contributed by atoms with Crippen LogP contribution in [0.2, 0.25) is 10.0 Å². The summed E-state index contributed by atoms with van der Waals surface area (Å²) in [6.07, 6.45) is 1.66. The molecule has 0 saturated heterocycles. The highest BCUT2D eigenvalue weighted by molar-refractivity contribution is 9.10. The average molecular weight is 525 g/mol. The number of nitrogens with one attached hydrogen (secondary N) is 1. The fourth-order valence-electron chi connectivity index (χ4n) is 3.03. The van der Waals surface area contributed by atoms with E-state index in [-0.39, 0.29) is 5.91 Å². The highest BCUT2D eigenvalue weighted by Gasteiger charge is 2.11. The van der Waals surface area contributed by atoms with Crippen LogP contribution in [0, 0.1) is 13.8 Å². The Labute approximate surface area is 198 Å². The van der Waals surface area contributed by atoms with Crippen molar-refractivity contribution in [1.29, 1.82) is 0 Å². The van der Waals surface area contributed by atoms with Gasteiger partial charge in [-0.1, -0.05) is 51.3 Å². The molecule has 4 nitrogen and oxygen atoms in total. The number of benzene rings is 2. The summed E-state index contributed by atoms with van der Waals surface area (Å²) in [6.45, 7) is 4.00. The molecule has 0 fully saturated rings. The van der Waals surface area contributed by atoms with Gasteiger partial charge in [0.1, 0.15) is 0 Å². The molecule has 1 N–H and O–H groups in total. The summed E-state index contributed by atoms with van der Waals surface area (Å²) < 4.78 is 3.10. The van der Waals surface area contributed by atoms with Gasteiger partial charge in [0.05, 0.1) is 22.0 Å². The molecule has 0 aliphatic heterocycles. The summed E-state index contributed by atoms with van der Waals surface area (Å²) in [5.74, 6) is 0.970. The third kappa shape index (κ3) is 5.91. The monoisotopic (exact) mass is 523 g/mol. The van der Waals surface area contributed by atoms with Crippen molar-refractivity contribution in [2.45, 2.75) is 19.6 Å². The molecule has 1 aromatic heterocycles. The van der Waals surface area contributed by atoms with Crippen molar-refractivity contribution in [3.63, 3.8) is 0 Å². The second kappa shape index (κ2) is 10.5. The Balaban J connectivity index is 1.58. The fourth-order valence-corrected chi connectivity index (χ4v) is 4.54. The lowest BCUT2D eigenvalue weighted by Gasteiger charge is -2.10. The molecule has 0 saturated carbocycles. The maximum absolute atomic E-state index is 12.1. The van der Waals surface area contributed by atoms with E-state index in [0.29, 0.717) is 15.8 Å². The normalized spacial score (nSPS) is 11.2. The maximum atomic E-state index is 12.1. The van der Waals surface area contributed by atoms with E-state index in [0.717, 1.165) is 32.9 Å². The SMILES string of the molecule is Cc1cc(/C=N\NC(=O)CSCc2cccc(Br)c2)c(C)n1-c1ccc(Cl)c(Cl)c1. The molecule has 8 heteroatoms. The summed E-state index contributed by atoms with van der Waals surface area (Å²) in [5, 5.41) is 5.14. The molecule has 0 aliphatic rings. The third-order valence-corrected chi connectivity index (χ3v) is 6.65. The molecule has 0 aliphatic carbocycles. The molecule has 1 amide bonds. The first-order chi connectivity index (χ1) is 14.3. The van der Waals surface area contributed by atoms with Crippen LogP contribution in [0.4, 0.5) is 0 Å². The van der Waals surface area contributed by atoms with Crippen LogP contribution in [0.1, 0.15) is 22.5 Å². The van der Waals surface area contributed by atoms with Crippen LogP contribution in [-0.2, 0) is 10.5 Å². The van der Waals surface area contributed by atoms with E-state index in [4.69, 9.17) is 23.2 Å². The number of halogens is 3. The summed E-state index contributed by atoms with van der Waals surface area (Å²) >= 11 is 17.2. The minimum absolute atomic E-state index is 0.135. The lowest BCUT2D eigenvalue weighted by molar-refractivity contribution is -0.118. The Morgan fingerprint density at radius 3 is 2.70 bits per heavy atom. The van der Waals surface area contributed by atoms with Crippen LogP contribution >= 0.6 is 50.9 Å². The van der Waals surface area contributed by atoms with Gasteiger partial charge < -0.3 is 4.57 Å². The number of carbonyl (C=O) groups excluding carboxylic acids is 1. The number of amides is 1. The van der Waals surface area contributed by atoms with Gasteiger partial charge in [0.2, 0.25) is 5.91 Å². The molecule has 0 spiro atoms. The molecule has 0 unspecified atom stereocenters. The molecule has 30 heavy (non-hydrogen) atoms. The minimum Gasteiger partial charge on any atom is -0.318 e. The molecular weight excluding hydrogens is 505 g/mol. The largest absolute Gasteiger partial charge is 0.318 e. The van der Waals surface area contributed by atoms with Crippen molar-refractivity contribution in [2.75, 3.05) is 5.75 Å². The Hall–Kier alpha value is -1.73. The lowest BCUT2D eigenvalue weighted by atomic mass is 10.2. The number of nitrogens with zero attached hydrogens (tertiary/aromatic N) is 2. The van der Waals surface area contributed by atoms with Crippen LogP contribution < -0.4 is 5.43 Å². The van der Waals surface area contributed by atoms with Crippen molar-refractivity contribution < 1.29 is 4.79 Å². The zero-order valence-corrected chi connectivity index (χ0v) is 20.4. The molecule has 1 heterocycles. The number of hydrogen-bond donors (Lipinski definition) is 1. The standard InChI is InChI=1S/C22H20BrCl2N3OS/c1-14-8-17(15(2)28(14)19-6-7-20(24)21(25)10-19)11-26-27-22(29)13-30-12-16-4-3-5-18(23)9-16/h3-11H,12-13H2,1-2H3,(H,27,29)/b26-11-. The first-order valence-electron chi connectivity index (χ1n) is 9.13. The van der Waals surface area contributed by atoms with E-state index in [1.165, 1.54) is 5.56 Å². The average Bonchev–Trinajstić information content (AvgIpc) is 2.97. The van der Waals surface area contributed by atoms with Crippen LogP contribution in [0.25, 0.3) is 5.69 Å². The van der Waals surface area contributed by atoms with E-state index >= 15 is 0 Å². The Morgan fingerprint density at radius 1 is 1.17 bits per heavy atom. The van der Waals surface area contributed by atoms with Crippen molar-refractivity contribution in [3.05, 3.63) is 85.6 Å². The first kappa shape index (κ1) is 22.9. The highest BCUT2D eigenvalue weighted by Crippen LogP contribution is 2.27. The lowest BCUT2D eigenvalue weighted by Crippen LogP contribution is -2.19. The van der Waals surface area contributed by atoms with Crippen LogP contribution in [0.15, 0.2) is 58.1 Å². The zero-order valence-electron chi connectivity index (χ0n) is 16.5. The highest BCUT2D eigenvalue weighted by atomic mass is 79.9. The van der Waals surface area contributed by atoms with Crippen LogP contribution in [0.3, 0.4) is 0 Å². The molecule has 156 valence electrons. The number of hydrogen-bond acceptors (Lipinski definition) is 3.